The Labute approximate surface area is 91.3 Å². The molecule has 2 heteroatoms. The molecular weight excluding hydrogens is 186 g/mol. The number of fused-ring (bicyclic) bond motifs is 1. The highest BCUT2D eigenvalue weighted by Gasteiger charge is 2.17. The van der Waals surface area contributed by atoms with E-state index in [0.29, 0.717) is 11.7 Å². The molecule has 0 fully saturated rings. The van der Waals surface area contributed by atoms with Gasteiger partial charge in [0, 0.05) is 30.9 Å². The van der Waals surface area contributed by atoms with Crippen molar-refractivity contribution in [1.29, 1.82) is 0 Å². The molecule has 2 nitrogen and oxygen atoms in total. The molecule has 0 unspecified atom stereocenters. The van der Waals surface area contributed by atoms with Crippen LogP contribution in [0.4, 0.5) is 0 Å². The number of aryl methyl sites for hydroxylation is 1. The Morgan fingerprint density at radius 2 is 2.00 bits per heavy atom. The highest BCUT2D eigenvalue weighted by Crippen LogP contribution is 2.21. The maximum Gasteiger partial charge on any atom is 0.164 e. The van der Waals surface area contributed by atoms with E-state index in [1.807, 2.05) is 6.20 Å². The SMILES string of the molecule is CC(C)Cn1cc2c(c1)C(=O)CCCC2. The van der Waals surface area contributed by atoms with E-state index in [-0.39, 0.29) is 0 Å². The zero-order valence-corrected chi connectivity index (χ0v) is 9.62. The van der Waals surface area contributed by atoms with E-state index in [1.54, 1.807) is 0 Å². The molecule has 1 aliphatic rings. The average molecular weight is 205 g/mol. The third-order valence-electron chi connectivity index (χ3n) is 2.94. The van der Waals surface area contributed by atoms with Crippen molar-refractivity contribution in [3.05, 3.63) is 23.5 Å². The van der Waals surface area contributed by atoms with Crippen molar-refractivity contribution >= 4 is 5.78 Å². The third-order valence-corrected chi connectivity index (χ3v) is 2.94. The summed E-state index contributed by atoms with van der Waals surface area (Å²) < 4.78 is 2.18. The molecular formula is C13H19NO. The predicted molar refractivity (Wildman–Crippen MR) is 61.2 cm³/mol. The van der Waals surface area contributed by atoms with Crippen LogP contribution in [0.1, 0.15) is 49.0 Å². The molecule has 0 bridgehead atoms. The van der Waals surface area contributed by atoms with E-state index >= 15 is 0 Å². The van der Waals surface area contributed by atoms with Crippen LogP contribution in [0.5, 0.6) is 0 Å². The minimum absolute atomic E-state index is 0.338. The standard InChI is InChI=1S/C13H19NO/c1-10(2)7-14-8-11-5-3-4-6-13(15)12(11)9-14/h8-10H,3-7H2,1-2H3. The highest BCUT2D eigenvalue weighted by atomic mass is 16.1. The van der Waals surface area contributed by atoms with Crippen molar-refractivity contribution in [3.63, 3.8) is 0 Å². The van der Waals surface area contributed by atoms with Gasteiger partial charge in [-0.3, -0.25) is 4.79 Å². The molecule has 0 spiro atoms. The summed E-state index contributed by atoms with van der Waals surface area (Å²) in [5.74, 6) is 0.973. The Morgan fingerprint density at radius 3 is 2.73 bits per heavy atom. The van der Waals surface area contributed by atoms with Gasteiger partial charge < -0.3 is 4.57 Å². The fraction of sp³-hybridized carbons (Fsp3) is 0.615. The van der Waals surface area contributed by atoms with Crippen molar-refractivity contribution < 1.29 is 4.79 Å². The lowest BCUT2D eigenvalue weighted by molar-refractivity contribution is 0.0982. The summed E-state index contributed by atoms with van der Waals surface area (Å²) in [6.45, 7) is 5.42. The highest BCUT2D eigenvalue weighted by molar-refractivity contribution is 5.97. The van der Waals surface area contributed by atoms with E-state index < -0.39 is 0 Å². The van der Waals surface area contributed by atoms with Crippen LogP contribution in [0.2, 0.25) is 0 Å². The number of Topliss-reactive ketones (excluding diaryl/α,β-unsaturated/α-hetero) is 1. The van der Waals surface area contributed by atoms with Gasteiger partial charge in [0.1, 0.15) is 0 Å². The molecule has 0 atom stereocenters. The van der Waals surface area contributed by atoms with Gasteiger partial charge in [-0.25, -0.2) is 0 Å². The van der Waals surface area contributed by atoms with Crippen LogP contribution >= 0.6 is 0 Å². The summed E-state index contributed by atoms with van der Waals surface area (Å²) in [5, 5.41) is 0. The first-order valence-electron chi connectivity index (χ1n) is 5.88. The molecule has 15 heavy (non-hydrogen) atoms. The Kier molecular flexibility index (Phi) is 2.94. The Balaban J connectivity index is 2.25. The molecule has 0 aromatic carbocycles. The second-order valence-corrected chi connectivity index (χ2v) is 4.92. The van der Waals surface area contributed by atoms with Crippen LogP contribution in [0, 0.1) is 5.92 Å². The summed E-state index contributed by atoms with van der Waals surface area (Å²) >= 11 is 0. The first-order chi connectivity index (χ1) is 7.16. The molecule has 2 rings (SSSR count). The quantitative estimate of drug-likeness (QED) is 0.680. The van der Waals surface area contributed by atoms with Gasteiger partial charge in [-0.15, -0.1) is 0 Å². The van der Waals surface area contributed by atoms with Gasteiger partial charge in [-0.1, -0.05) is 13.8 Å². The topological polar surface area (TPSA) is 22.0 Å². The van der Waals surface area contributed by atoms with Gasteiger partial charge in [0.15, 0.2) is 5.78 Å². The minimum Gasteiger partial charge on any atom is -0.353 e. The molecule has 1 aromatic heterocycles. The van der Waals surface area contributed by atoms with Gasteiger partial charge in [-0.2, -0.15) is 0 Å². The van der Waals surface area contributed by atoms with Crippen molar-refractivity contribution in [1.82, 2.24) is 4.57 Å². The van der Waals surface area contributed by atoms with Gasteiger partial charge in [-0.05, 0) is 30.7 Å². The van der Waals surface area contributed by atoms with Crippen molar-refractivity contribution in [2.45, 2.75) is 46.1 Å². The maximum atomic E-state index is 11.8. The van der Waals surface area contributed by atoms with E-state index in [2.05, 4.69) is 24.6 Å². The predicted octanol–water partition coefficient (Wildman–Crippen LogP) is 3.05. The summed E-state index contributed by atoms with van der Waals surface area (Å²) in [6.07, 6.45) is 8.23. The van der Waals surface area contributed by atoms with Gasteiger partial charge in [0.2, 0.25) is 0 Å². The molecule has 0 aliphatic heterocycles. The Hall–Kier alpha value is -1.05. The van der Waals surface area contributed by atoms with Crippen molar-refractivity contribution in [3.8, 4) is 0 Å². The van der Waals surface area contributed by atoms with Crippen LogP contribution in [-0.4, -0.2) is 10.4 Å². The van der Waals surface area contributed by atoms with Crippen molar-refractivity contribution in [2.75, 3.05) is 0 Å². The average Bonchev–Trinajstić information content (AvgIpc) is 2.47. The smallest absolute Gasteiger partial charge is 0.164 e. The molecule has 0 radical (unpaired) electrons. The molecule has 0 N–H and O–H groups in total. The third kappa shape index (κ3) is 2.31. The molecule has 0 amide bonds. The van der Waals surface area contributed by atoms with E-state index in [1.165, 1.54) is 5.56 Å². The van der Waals surface area contributed by atoms with Crippen molar-refractivity contribution in [2.24, 2.45) is 5.92 Å². The van der Waals surface area contributed by atoms with E-state index in [4.69, 9.17) is 0 Å². The Morgan fingerprint density at radius 1 is 1.27 bits per heavy atom. The molecule has 82 valence electrons. The summed E-state index contributed by atoms with van der Waals surface area (Å²) in [6, 6.07) is 0. The number of nitrogens with zero attached hydrogens (tertiary/aromatic N) is 1. The minimum atomic E-state index is 0.338. The number of hydrogen-bond donors (Lipinski definition) is 0. The lowest BCUT2D eigenvalue weighted by Gasteiger charge is -2.05. The first kappa shape index (κ1) is 10.5. The Bertz CT molecular complexity index is 363. The number of carbonyl (C=O) groups excluding carboxylic acids is 1. The lowest BCUT2D eigenvalue weighted by atomic mass is 10.1. The van der Waals surface area contributed by atoms with Gasteiger partial charge in [0.05, 0.1) is 0 Å². The largest absolute Gasteiger partial charge is 0.353 e. The molecule has 0 saturated heterocycles. The number of rotatable bonds is 2. The van der Waals surface area contributed by atoms with Crippen LogP contribution < -0.4 is 0 Å². The maximum absolute atomic E-state index is 11.8. The number of hydrogen-bond acceptors (Lipinski definition) is 1. The zero-order valence-electron chi connectivity index (χ0n) is 9.62. The van der Waals surface area contributed by atoms with E-state index in [9.17, 15) is 4.79 Å². The fourth-order valence-electron chi connectivity index (χ4n) is 2.27. The number of carbonyl (C=O) groups is 1. The van der Waals surface area contributed by atoms with Crippen LogP contribution in [0.3, 0.4) is 0 Å². The monoisotopic (exact) mass is 205 g/mol. The normalized spacial score (nSPS) is 16.6. The first-order valence-corrected chi connectivity index (χ1v) is 5.88. The van der Waals surface area contributed by atoms with Gasteiger partial charge >= 0.3 is 0 Å². The van der Waals surface area contributed by atoms with Gasteiger partial charge in [0.25, 0.3) is 0 Å². The lowest BCUT2D eigenvalue weighted by Crippen LogP contribution is -2.02. The fourth-order valence-corrected chi connectivity index (χ4v) is 2.27. The summed E-state index contributed by atoms with van der Waals surface area (Å²) in [7, 11) is 0. The van der Waals surface area contributed by atoms with E-state index in [0.717, 1.165) is 37.8 Å². The molecule has 0 saturated carbocycles. The number of ketones is 1. The summed E-state index contributed by atoms with van der Waals surface area (Å²) in [5.41, 5.74) is 2.24. The van der Waals surface area contributed by atoms with Crippen LogP contribution in [-0.2, 0) is 13.0 Å². The molecule has 1 aliphatic carbocycles. The molecule has 1 aromatic rings. The molecule has 1 heterocycles. The summed E-state index contributed by atoms with van der Waals surface area (Å²) in [4.78, 5) is 11.8. The second kappa shape index (κ2) is 4.21. The second-order valence-electron chi connectivity index (χ2n) is 4.92. The number of aromatic nitrogens is 1. The zero-order chi connectivity index (χ0) is 10.8. The van der Waals surface area contributed by atoms with Crippen LogP contribution in [0.15, 0.2) is 12.4 Å². The van der Waals surface area contributed by atoms with Crippen LogP contribution in [0.25, 0.3) is 0 Å².